The highest BCUT2D eigenvalue weighted by atomic mass is 32.1. The van der Waals surface area contributed by atoms with E-state index >= 15 is 0 Å². The summed E-state index contributed by atoms with van der Waals surface area (Å²) >= 11 is 2.17. The quantitative estimate of drug-likeness (QED) is 0.0259. The molecular weight excluding hydrogens is 1490 g/mol. The van der Waals surface area contributed by atoms with Gasteiger partial charge in [0, 0.05) is 85.5 Å². The number of Topliss-reactive ketones (excluding diaryl/α,β-unsaturated/α-hetero) is 4. The van der Waals surface area contributed by atoms with Gasteiger partial charge in [0.2, 0.25) is 11.8 Å². The van der Waals surface area contributed by atoms with E-state index in [9.17, 15) is 58.2 Å². The van der Waals surface area contributed by atoms with E-state index in [1.807, 2.05) is 226 Å². The zero-order valence-corrected chi connectivity index (χ0v) is 71.3. The van der Waals surface area contributed by atoms with Gasteiger partial charge < -0.3 is 30.6 Å². The highest BCUT2D eigenvalue weighted by Gasteiger charge is 2.41. The van der Waals surface area contributed by atoms with Crippen molar-refractivity contribution in [3.05, 3.63) is 200 Å². The monoisotopic (exact) mass is 1610 g/mol. The summed E-state index contributed by atoms with van der Waals surface area (Å²) in [4.78, 5) is 153. The summed E-state index contributed by atoms with van der Waals surface area (Å²) in [5, 5.41) is 28.7. The lowest BCUT2D eigenvalue weighted by Crippen LogP contribution is -2.49. The number of carboxylic acid groups (broad SMARTS) is 2. The van der Waals surface area contributed by atoms with Crippen molar-refractivity contribution in [2.24, 2.45) is 47.3 Å². The Balaban J connectivity index is 0.000000289. The number of nitrogens with zero attached hydrogens (tertiary/aromatic N) is 6. The lowest BCUT2D eigenvalue weighted by Gasteiger charge is -2.39. The molecule has 618 valence electrons. The van der Waals surface area contributed by atoms with E-state index in [0.29, 0.717) is 19.4 Å². The SMILES string of the molecule is CCC(C)C(CC(=O)C1CCCCN1C)C(=O)N(Cc1ccccc1)[C@H](CC(=O)c1nc(C(=O)N[C@@H](Cc2ccc(-c3ccccc3)cc2)C[C@H](C)C(=O)O)cs1)C(C)C.CCC(C)C(CC(=O)C1CCCCN1C)C(=O)N(Cc1ccccc1)[C@H](CC(=O)c1nc(C(=O)N[C@@H](Cc2ccc(C)cc2)C[C@H](C)C(=O)O)cs1)C(C)C. The summed E-state index contributed by atoms with van der Waals surface area (Å²) in [6.07, 6.45) is 8.80. The van der Waals surface area contributed by atoms with Crippen LogP contribution in [0, 0.1) is 54.3 Å². The third kappa shape index (κ3) is 26.9. The summed E-state index contributed by atoms with van der Waals surface area (Å²) in [5.74, 6) is -6.19. The third-order valence-electron chi connectivity index (χ3n) is 23.4. The Morgan fingerprint density at radius 3 is 1.17 bits per heavy atom. The Morgan fingerprint density at radius 2 is 0.826 bits per heavy atom. The van der Waals surface area contributed by atoms with Gasteiger partial charge in [-0.15, -0.1) is 22.7 Å². The van der Waals surface area contributed by atoms with E-state index < -0.39 is 71.6 Å². The molecule has 0 bridgehead atoms. The molecule has 4 heterocycles. The predicted molar refractivity (Wildman–Crippen MR) is 455 cm³/mol. The predicted octanol–water partition coefficient (Wildman–Crippen LogP) is 16.6. The first-order chi connectivity index (χ1) is 54.9. The van der Waals surface area contributed by atoms with Crippen LogP contribution in [-0.2, 0) is 54.7 Å². The molecule has 2 aromatic heterocycles. The molecule has 4 N–H and O–H groups in total. The van der Waals surface area contributed by atoms with E-state index in [4.69, 9.17) is 0 Å². The molecule has 5 aromatic carbocycles. The van der Waals surface area contributed by atoms with Crippen molar-refractivity contribution in [3.63, 3.8) is 0 Å². The molecule has 6 unspecified atom stereocenters. The second kappa shape index (κ2) is 44.8. The molecule has 0 radical (unpaired) electrons. The summed E-state index contributed by atoms with van der Waals surface area (Å²) in [5.41, 5.74) is 7.19. The molecule has 2 aliphatic rings. The number of carboxylic acids is 2. The second-order valence-electron chi connectivity index (χ2n) is 32.9. The number of hydrogen-bond donors (Lipinski definition) is 4. The molecule has 2 aliphatic heterocycles. The third-order valence-corrected chi connectivity index (χ3v) is 25.2. The Morgan fingerprint density at radius 1 is 0.470 bits per heavy atom. The zero-order chi connectivity index (χ0) is 83.6. The molecule has 115 heavy (non-hydrogen) atoms. The van der Waals surface area contributed by atoms with Gasteiger partial charge >= 0.3 is 11.9 Å². The van der Waals surface area contributed by atoms with Gasteiger partial charge in [-0.2, -0.15) is 0 Å². The molecule has 0 spiro atoms. The normalized spacial score (nSPS) is 17.2. The van der Waals surface area contributed by atoms with Crippen LogP contribution < -0.4 is 10.6 Å². The van der Waals surface area contributed by atoms with Gasteiger partial charge in [-0.05, 0) is 143 Å². The zero-order valence-electron chi connectivity index (χ0n) is 69.6. The van der Waals surface area contributed by atoms with Gasteiger partial charge in [-0.25, -0.2) is 9.97 Å². The van der Waals surface area contributed by atoms with Gasteiger partial charge in [-0.3, -0.25) is 57.7 Å². The maximum Gasteiger partial charge on any atom is 0.306 e. The molecule has 2 fully saturated rings. The number of carbonyl (C=O) groups excluding carboxylic acids is 8. The summed E-state index contributed by atoms with van der Waals surface area (Å²) in [7, 11) is 3.98. The molecule has 0 saturated carbocycles. The molecule has 12 atom stereocenters. The fraction of sp³-hybridized carbons (Fsp3) is 0.505. The van der Waals surface area contributed by atoms with Crippen LogP contribution in [0.1, 0.15) is 228 Å². The molecule has 9 rings (SSSR count). The fourth-order valence-corrected chi connectivity index (χ4v) is 17.2. The standard InChI is InChI=1S/C49H62N4O6S.C44H60N4O6S/c1-7-33(4)40(28-44(54)42-20-14-15-25-52(42)6)48(57)53(30-36-16-10-8-11-17-36)43(32(2)3)29-45(55)47-51-41(31-60-47)46(56)50-39(26-34(5)49(58)59)27-35-21-23-38(24-22-35)37-18-12-9-13-19-37;1-8-30(5)35(24-39(49)37-16-12-13-21-47(37)7)43(52)48(26-33-14-10-9-11-15-33)38(28(2)3)25-40(50)42-46-36(27-55-42)41(51)45-34(22-31(6)44(53)54)23-32-19-17-29(4)18-20-32/h8-13,16-19,21-24,31-34,39-40,42-43H,7,14-15,20,25-30H2,1-6H3,(H,50,56)(H,58,59);9-11,14-15,17-20,27-28,30-31,34-35,37-38H,8,12-13,16,21-26H2,1-7H3,(H,45,51)(H,53,54)/t33?,34-,39+,40?,42?,43+;30?,31-,34+,35?,37?,38+/m00/s1. The minimum atomic E-state index is -0.950. The van der Waals surface area contributed by atoms with Crippen molar-refractivity contribution in [3.8, 4) is 11.1 Å². The second-order valence-corrected chi connectivity index (χ2v) is 34.6. The van der Waals surface area contributed by atoms with E-state index in [1.54, 1.807) is 24.6 Å². The maximum absolute atomic E-state index is 14.9. The summed E-state index contributed by atoms with van der Waals surface area (Å²) in [6, 6.07) is 43.0. The molecule has 4 amide bonds. The Bertz CT molecular complexity index is 4320. The van der Waals surface area contributed by atoms with Crippen LogP contribution in [0.2, 0.25) is 0 Å². The van der Waals surface area contributed by atoms with E-state index in [-0.39, 0.29) is 137 Å². The number of likely N-dealkylation sites (tertiary alicyclic amines) is 2. The molecule has 0 aliphatic carbocycles. The highest BCUT2D eigenvalue weighted by molar-refractivity contribution is 7.12. The van der Waals surface area contributed by atoms with Crippen LogP contribution in [0.5, 0.6) is 0 Å². The van der Waals surface area contributed by atoms with Gasteiger partial charge in [0.1, 0.15) is 11.4 Å². The van der Waals surface area contributed by atoms with Crippen molar-refractivity contribution in [1.29, 1.82) is 0 Å². The Labute approximate surface area is 689 Å². The number of ketones is 4. The number of benzene rings is 5. The van der Waals surface area contributed by atoms with Gasteiger partial charge in [-0.1, -0.05) is 240 Å². The Kier molecular flexibility index (Phi) is 35.5. The number of thiazole rings is 2. The van der Waals surface area contributed by atoms with Crippen LogP contribution in [0.25, 0.3) is 11.1 Å². The number of aryl methyl sites for hydroxylation is 1. The van der Waals surface area contributed by atoms with E-state index in [2.05, 4.69) is 30.4 Å². The lowest BCUT2D eigenvalue weighted by atomic mass is 9.82. The first kappa shape index (κ1) is 91.3. The smallest absolute Gasteiger partial charge is 0.306 e. The lowest BCUT2D eigenvalue weighted by molar-refractivity contribution is -0.144. The number of aromatic nitrogens is 2. The fourth-order valence-electron chi connectivity index (χ4n) is 15.7. The van der Waals surface area contributed by atoms with Crippen LogP contribution >= 0.6 is 22.7 Å². The minimum absolute atomic E-state index is 0.00350. The van der Waals surface area contributed by atoms with Crippen LogP contribution in [0.3, 0.4) is 0 Å². The molecule has 2 saturated heterocycles. The van der Waals surface area contributed by atoms with Crippen molar-refractivity contribution in [2.45, 2.75) is 228 Å². The average molecular weight is 1610 g/mol. The minimum Gasteiger partial charge on any atom is -0.481 e. The first-order valence-electron chi connectivity index (χ1n) is 41.3. The number of rotatable bonds is 41. The molecular formula is C93H122N8O12S2. The number of piperidine rings is 2. The number of hydrogen-bond acceptors (Lipinski definition) is 16. The van der Waals surface area contributed by atoms with E-state index in [1.165, 1.54) is 0 Å². The number of nitrogens with one attached hydrogen (secondary N) is 2. The number of likely N-dealkylation sites (N-methyl/N-ethyl adjacent to an activating group) is 2. The molecule has 22 heteroatoms. The van der Waals surface area contributed by atoms with Crippen LogP contribution in [-0.4, -0.2) is 162 Å². The van der Waals surface area contributed by atoms with Crippen molar-refractivity contribution < 1.29 is 58.2 Å². The number of amides is 4. The largest absolute Gasteiger partial charge is 0.481 e. The highest BCUT2D eigenvalue weighted by Crippen LogP contribution is 2.34. The topological polar surface area (TPSA) is 274 Å². The number of carbonyl (C=O) groups is 10. The molecule has 7 aromatic rings. The first-order valence-corrected chi connectivity index (χ1v) is 43.1. The Hall–Kier alpha value is -9.22. The van der Waals surface area contributed by atoms with Crippen molar-refractivity contribution in [1.82, 2.24) is 40.2 Å². The van der Waals surface area contributed by atoms with Gasteiger partial charge in [0.15, 0.2) is 33.1 Å². The van der Waals surface area contributed by atoms with Crippen LogP contribution in [0.4, 0.5) is 0 Å². The number of aliphatic carboxylic acids is 2. The van der Waals surface area contributed by atoms with Crippen LogP contribution in [0.15, 0.2) is 150 Å². The van der Waals surface area contributed by atoms with Crippen molar-refractivity contribution >= 4 is 81.4 Å². The van der Waals surface area contributed by atoms with E-state index in [0.717, 1.165) is 126 Å². The van der Waals surface area contributed by atoms with Gasteiger partial charge in [0.25, 0.3) is 11.8 Å². The van der Waals surface area contributed by atoms with Gasteiger partial charge in [0.05, 0.1) is 23.9 Å². The molecule has 20 nitrogen and oxygen atoms in total. The summed E-state index contributed by atoms with van der Waals surface area (Å²) in [6.45, 7) is 23.7. The average Bonchev–Trinajstić information content (AvgIpc) is 1.67. The summed E-state index contributed by atoms with van der Waals surface area (Å²) < 4.78 is 0. The maximum atomic E-state index is 14.9. The van der Waals surface area contributed by atoms with Crippen molar-refractivity contribution in [2.75, 3.05) is 27.2 Å².